The van der Waals surface area contributed by atoms with Crippen LogP contribution in [-0.4, -0.2) is 41.9 Å². The van der Waals surface area contributed by atoms with Crippen molar-refractivity contribution in [2.45, 2.75) is 75.1 Å². The van der Waals surface area contributed by atoms with Crippen molar-refractivity contribution in [2.24, 2.45) is 0 Å². The molecule has 0 amide bonds. The van der Waals surface area contributed by atoms with Crippen LogP contribution in [0.5, 0.6) is 0 Å². The average Bonchev–Trinajstić information content (AvgIpc) is 3.30. The molecule has 8 heteroatoms. The number of thioether (sulfide) groups is 1. The van der Waals surface area contributed by atoms with E-state index in [-0.39, 0.29) is 17.6 Å². The van der Waals surface area contributed by atoms with Crippen LogP contribution in [0.15, 0.2) is 64.1 Å². The third-order valence-electron chi connectivity index (χ3n) is 6.49. The van der Waals surface area contributed by atoms with Crippen molar-refractivity contribution in [1.29, 1.82) is 0 Å². The molecular formula is C28H32O5S3. The maximum Gasteiger partial charge on any atom is 0.304 e. The summed E-state index contributed by atoms with van der Waals surface area (Å²) in [6.45, 7) is 4.91. The number of thiol groups is 1. The van der Waals surface area contributed by atoms with Gasteiger partial charge in [-0.2, -0.15) is 12.6 Å². The Hall–Kier alpha value is -2.00. The molecule has 2 aromatic rings. The molecule has 1 aliphatic heterocycles. The average molecular weight is 545 g/mol. The van der Waals surface area contributed by atoms with Crippen LogP contribution in [0.2, 0.25) is 0 Å². The summed E-state index contributed by atoms with van der Waals surface area (Å²) >= 11 is 8.34. The third kappa shape index (κ3) is 6.65. The van der Waals surface area contributed by atoms with Gasteiger partial charge in [0.15, 0.2) is 0 Å². The lowest BCUT2D eigenvalue weighted by Crippen LogP contribution is -2.49. The maximum absolute atomic E-state index is 11.7. The van der Waals surface area contributed by atoms with Crippen LogP contribution in [0.1, 0.15) is 44.9 Å². The lowest BCUT2D eigenvalue weighted by atomic mass is 9.86. The molecule has 4 atom stereocenters. The standard InChI is InChI=1S/C28H32O5S3/c1-16-5-6-20(27-28(34)24(31-17(2)29)15-26(33-27)32-18(3)30)13-21(16)14-23-11-12-25(36-23)19-7-9-22(35-4)10-8-19/h7-13,24,26-28,34H,5-6,14-15H2,1-4H3/t24-,26-,27?,28+/m0/s1. The zero-order valence-electron chi connectivity index (χ0n) is 21.0. The van der Waals surface area contributed by atoms with Crippen LogP contribution in [0.3, 0.4) is 0 Å². The second-order valence-corrected chi connectivity index (χ2v) is 11.8. The van der Waals surface area contributed by atoms with Crippen molar-refractivity contribution in [3.8, 4) is 10.4 Å². The molecule has 0 bridgehead atoms. The Balaban J connectivity index is 1.53. The minimum Gasteiger partial charge on any atom is -0.461 e. The highest BCUT2D eigenvalue weighted by Gasteiger charge is 2.42. The number of benzene rings is 1. The number of esters is 2. The molecule has 192 valence electrons. The van der Waals surface area contributed by atoms with Crippen LogP contribution < -0.4 is 0 Å². The van der Waals surface area contributed by atoms with Gasteiger partial charge in [0.1, 0.15) is 6.10 Å². The lowest BCUT2D eigenvalue weighted by molar-refractivity contribution is -0.211. The zero-order chi connectivity index (χ0) is 25.8. The van der Waals surface area contributed by atoms with E-state index in [1.165, 1.54) is 45.2 Å². The highest BCUT2D eigenvalue weighted by atomic mass is 32.2. The molecule has 2 heterocycles. The van der Waals surface area contributed by atoms with Gasteiger partial charge in [-0.05, 0) is 67.0 Å². The monoisotopic (exact) mass is 544 g/mol. The van der Waals surface area contributed by atoms with Crippen LogP contribution >= 0.6 is 35.7 Å². The Morgan fingerprint density at radius 1 is 1.08 bits per heavy atom. The Kier molecular flexibility index (Phi) is 9.04. The van der Waals surface area contributed by atoms with Gasteiger partial charge in [-0.3, -0.25) is 9.59 Å². The van der Waals surface area contributed by atoms with Gasteiger partial charge >= 0.3 is 11.9 Å². The maximum atomic E-state index is 11.7. The molecule has 4 rings (SSSR count). The number of rotatable bonds is 7. The summed E-state index contributed by atoms with van der Waals surface area (Å²) < 4.78 is 17.0. The van der Waals surface area contributed by atoms with Crippen LogP contribution in [-0.2, 0) is 30.2 Å². The smallest absolute Gasteiger partial charge is 0.304 e. The van der Waals surface area contributed by atoms with Gasteiger partial charge in [-0.15, -0.1) is 23.1 Å². The highest BCUT2D eigenvalue weighted by molar-refractivity contribution is 7.98. The molecule has 0 N–H and O–H groups in total. The van der Waals surface area contributed by atoms with E-state index in [9.17, 15) is 9.59 Å². The number of thiophene rings is 1. The molecular weight excluding hydrogens is 513 g/mol. The quantitative estimate of drug-likeness (QED) is 0.240. The third-order valence-corrected chi connectivity index (χ3v) is 8.97. The molecule has 0 radical (unpaired) electrons. The number of ether oxygens (including phenoxy) is 3. The van der Waals surface area contributed by atoms with Crippen molar-refractivity contribution in [3.05, 3.63) is 64.1 Å². The van der Waals surface area contributed by atoms with Gasteiger partial charge < -0.3 is 14.2 Å². The van der Waals surface area contributed by atoms with E-state index in [2.05, 4.69) is 55.7 Å². The fourth-order valence-electron chi connectivity index (χ4n) is 4.63. The minimum absolute atomic E-state index is 0.273. The normalized spacial score (nSPS) is 24.3. The van der Waals surface area contributed by atoms with Crippen molar-refractivity contribution >= 4 is 47.7 Å². The summed E-state index contributed by atoms with van der Waals surface area (Å²) in [5.41, 5.74) is 4.95. The molecule has 36 heavy (non-hydrogen) atoms. The van der Waals surface area contributed by atoms with Crippen LogP contribution in [0.4, 0.5) is 0 Å². The van der Waals surface area contributed by atoms with Crippen molar-refractivity contribution in [3.63, 3.8) is 0 Å². The van der Waals surface area contributed by atoms with Crippen LogP contribution in [0.25, 0.3) is 10.4 Å². The van der Waals surface area contributed by atoms with Gasteiger partial charge in [0.05, 0.1) is 11.4 Å². The molecule has 1 aliphatic carbocycles. The minimum atomic E-state index is -0.769. The number of carbonyl (C=O) groups is 2. The molecule has 1 saturated heterocycles. The zero-order valence-corrected chi connectivity index (χ0v) is 23.5. The van der Waals surface area contributed by atoms with E-state index in [4.69, 9.17) is 26.8 Å². The van der Waals surface area contributed by atoms with Crippen molar-refractivity contribution in [1.82, 2.24) is 0 Å². The molecule has 2 aliphatic rings. The Bertz CT molecular complexity index is 1160. The molecule has 1 unspecified atom stereocenters. The second kappa shape index (κ2) is 12.0. The highest BCUT2D eigenvalue weighted by Crippen LogP contribution is 2.38. The molecule has 5 nitrogen and oxygen atoms in total. The second-order valence-electron chi connectivity index (χ2n) is 9.17. The lowest BCUT2D eigenvalue weighted by Gasteiger charge is -2.40. The predicted octanol–water partition coefficient (Wildman–Crippen LogP) is 6.62. The van der Waals surface area contributed by atoms with E-state index >= 15 is 0 Å². The van der Waals surface area contributed by atoms with Gasteiger partial charge in [0.25, 0.3) is 0 Å². The summed E-state index contributed by atoms with van der Waals surface area (Å²) in [5.74, 6) is -0.810. The van der Waals surface area contributed by atoms with Crippen molar-refractivity contribution < 1.29 is 23.8 Å². The summed E-state index contributed by atoms with van der Waals surface area (Å²) in [6.07, 6.45) is 5.48. The summed E-state index contributed by atoms with van der Waals surface area (Å²) in [5, 5.41) is -0.343. The van der Waals surface area contributed by atoms with E-state index in [0.717, 1.165) is 24.8 Å². The van der Waals surface area contributed by atoms with E-state index < -0.39 is 24.5 Å². The molecule has 1 aromatic carbocycles. The summed E-state index contributed by atoms with van der Waals surface area (Å²) in [7, 11) is 0. The first-order valence-corrected chi connectivity index (χ1v) is 14.6. The Morgan fingerprint density at radius 3 is 2.47 bits per heavy atom. The SMILES string of the molecule is CSc1ccc(-c2ccc(CC3=C(C)CCC(C4O[C@H](OC(C)=O)C[C@H](OC(C)=O)[C@H]4S)=C3)s2)cc1. The molecule has 0 spiro atoms. The van der Waals surface area contributed by atoms with E-state index in [1.54, 1.807) is 11.8 Å². The fourth-order valence-corrected chi connectivity index (χ4v) is 6.52. The van der Waals surface area contributed by atoms with Crippen molar-refractivity contribution in [2.75, 3.05) is 6.26 Å². The first-order valence-electron chi connectivity index (χ1n) is 12.0. The number of carbonyl (C=O) groups excluding carboxylic acids is 2. The Labute approximate surface area is 226 Å². The molecule has 1 fully saturated rings. The number of hydrogen-bond acceptors (Lipinski definition) is 8. The number of allylic oxidation sites excluding steroid dienone is 3. The molecule has 1 aromatic heterocycles. The van der Waals surface area contributed by atoms with Gasteiger partial charge in [-0.25, -0.2) is 0 Å². The molecule has 0 saturated carbocycles. The van der Waals surface area contributed by atoms with Gasteiger partial charge in [-0.1, -0.05) is 23.8 Å². The fraction of sp³-hybridized carbons (Fsp3) is 0.429. The summed E-state index contributed by atoms with van der Waals surface area (Å²) in [6, 6.07) is 13.1. The Morgan fingerprint density at radius 2 is 1.81 bits per heavy atom. The van der Waals surface area contributed by atoms with E-state index in [1.807, 2.05) is 11.3 Å². The van der Waals surface area contributed by atoms with E-state index in [0.29, 0.717) is 0 Å². The first kappa shape index (κ1) is 27.0. The first-order chi connectivity index (χ1) is 17.2. The largest absolute Gasteiger partial charge is 0.461 e. The van der Waals surface area contributed by atoms with Gasteiger partial charge in [0, 0.05) is 41.3 Å². The van der Waals surface area contributed by atoms with Gasteiger partial charge in [0.2, 0.25) is 6.29 Å². The number of hydrogen-bond donors (Lipinski definition) is 1. The van der Waals surface area contributed by atoms with Crippen LogP contribution in [0, 0.1) is 0 Å². The predicted molar refractivity (Wildman–Crippen MR) is 149 cm³/mol. The summed E-state index contributed by atoms with van der Waals surface area (Å²) in [4.78, 5) is 27.1. The topological polar surface area (TPSA) is 61.8 Å².